The van der Waals surface area contributed by atoms with Crippen LogP contribution in [0.2, 0.25) is 0 Å². The number of nitrogens with zero attached hydrogens (tertiary/aromatic N) is 1. The molecule has 0 atom stereocenters. The minimum atomic E-state index is -3.28. The van der Waals surface area contributed by atoms with Gasteiger partial charge < -0.3 is 10.6 Å². The quantitative estimate of drug-likeness (QED) is 0.284. The monoisotopic (exact) mass is 520 g/mol. The fourth-order valence-corrected chi connectivity index (χ4v) is 3.15. The molecule has 0 unspecified atom stereocenters. The number of benzene rings is 2. The summed E-state index contributed by atoms with van der Waals surface area (Å²) in [7, 11) is -1.87. The first kappa shape index (κ1) is 24.3. The van der Waals surface area contributed by atoms with Crippen LogP contribution in [0.1, 0.15) is 23.6 Å². The van der Waals surface area contributed by atoms with Gasteiger partial charge in [-0.1, -0.05) is 36.4 Å². The zero-order chi connectivity index (χ0) is 19.7. The van der Waals surface area contributed by atoms with E-state index in [-0.39, 0.29) is 35.5 Å². The van der Waals surface area contributed by atoms with E-state index in [2.05, 4.69) is 20.3 Å². The summed E-state index contributed by atoms with van der Waals surface area (Å²) in [5, 5.41) is 6.36. The number of nitrogens with one attached hydrogen (secondary N) is 3. The van der Waals surface area contributed by atoms with Gasteiger partial charge >= 0.3 is 0 Å². The van der Waals surface area contributed by atoms with Crippen molar-refractivity contribution in [3.8, 4) is 0 Å². The highest BCUT2D eigenvalue weighted by Gasteiger charge is 2.08. The minimum Gasteiger partial charge on any atom is -0.357 e. The van der Waals surface area contributed by atoms with Crippen molar-refractivity contribution < 1.29 is 12.8 Å². The number of hydrogen-bond donors (Lipinski definition) is 3. The van der Waals surface area contributed by atoms with E-state index in [1.165, 1.54) is 19.2 Å². The molecular weight excluding hydrogens is 494 g/mol. The summed E-state index contributed by atoms with van der Waals surface area (Å²) in [4.78, 5) is 4.46. The third-order valence-electron chi connectivity index (χ3n) is 3.80. The minimum absolute atomic E-state index is 0. The maximum absolute atomic E-state index is 13.2. The molecule has 0 radical (unpaired) electrons. The van der Waals surface area contributed by atoms with Gasteiger partial charge in [-0.2, -0.15) is 0 Å². The second kappa shape index (κ2) is 12.0. The highest BCUT2D eigenvalue weighted by Crippen LogP contribution is 2.08. The fraction of sp³-hybridized carbons (Fsp3) is 0.316. The van der Waals surface area contributed by atoms with Crippen LogP contribution in [0.4, 0.5) is 4.39 Å². The molecule has 2 rings (SSSR count). The van der Waals surface area contributed by atoms with Gasteiger partial charge in [0.25, 0.3) is 0 Å². The van der Waals surface area contributed by atoms with Crippen LogP contribution >= 0.6 is 24.0 Å². The molecule has 0 saturated heterocycles. The number of halogens is 2. The molecular formula is C19H26FIN4O2S. The molecule has 0 fully saturated rings. The van der Waals surface area contributed by atoms with Gasteiger partial charge in [-0.15, -0.1) is 24.0 Å². The van der Waals surface area contributed by atoms with E-state index in [0.717, 1.165) is 16.7 Å². The molecule has 0 saturated carbocycles. The van der Waals surface area contributed by atoms with E-state index in [0.29, 0.717) is 25.6 Å². The zero-order valence-corrected chi connectivity index (χ0v) is 19.1. The zero-order valence-electron chi connectivity index (χ0n) is 15.9. The number of guanidine groups is 1. The van der Waals surface area contributed by atoms with Gasteiger partial charge in [0.15, 0.2) is 5.96 Å². The Bertz CT molecular complexity index is 874. The van der Waals surface area contributed by atoms with Crippen molar-refractivity contribution in [2.45, 2.75) is 25.8 Å². The lowest BCUT2D eigenvalue weighted by Crippen LogP contribution is -2.36. The molecule has 154 valence electrons. The smallest absolute Gasteiger partial charge is 0.215 e. The van der Waals surface area contributed by atoms with E-state index < -0.39 is 10.0 Å². The molecule has 0 bridgehead atoms. The van der Waals surface area contributed by atoms with Gasteiger partial charge in [-0.3, -0.25) is 0 Å². The van der Waals surface area contributed by atoms with Crippen LogP contribution in [0.15, 0.2) is 53.5 Å². The first-order valence-electron chi connectivity index (χ1n) is 8.67. The Labute approximate surface area is 183 Å². The average Bonchev–Trinajstić information content (AvgIpc) is 2.65. The van der Waals surface area contributed by atoms with Gasteiger partial charge in [-0.05, 0) is 42.8 Å². The third kappa shape index (κ3) is 8.53. The van der Waals surface area contributed by atoms with E-state index in [9.17, 15) is 12.8 Å². The molecule has 28 heavy (non-hydrogen) atoms. The standard InChI is InChI=1S/C19H25FN4O2S.HI/c1-3-22-19(24-13-17-5-4-6-18(20)11-17)23-12-15-7-9-16(10-8-15)14-27(25,26)21-2;/h4-11,21H,3,12-14H2,1-2H3,(H2,22,23,24);1H. The second-order valence-corrected chi connectivity index (χ2v) is 7.88. The summed E-state index contributed by atoms with van der Waals surface area (Å²) in [6.07, 6.45) is 0. The Morgan fingerprint density at radius 1 is 1.04 bits per heavy atom. The summed E-state index contributed by atoms with van der Waals surface area (Å²) < 4.78 is 38.7. The van der Waals surface area contributed by atoms with Crippen LogP contribution in [0, 0.1) is 5.82 Å². The van der Waals surface area contributed by atoms with E-state index in [4.69, 9.17) is 0 Å². The molecule has 0 aliphatic rings. The lowest BCUT2D eigenvalue weighted by molar-refractivity contribution is 0.587. The second-order valence-electron chi connectivity index (χ2n) is 5.96. The predicted molar refractivity (Wildman–Crippen MR) is 122 cm³/mol. The Hall–Kier alpha value is -1.72. The van der Waals surface area contributed by atoms with Crippen LogP contribution in [-0.2, 0) is 28.9 Å². The SMILES string of the molecule is CCNC(=NCc1cccc(F)c1)NCc1ccc(CS(=O)(=O)NC)cc1.I. The number of hydrogen-bond acceptors (Lipinski definition) is 3. The van der Waals surface area contributed by atoms with Crippen molar-refractivity contribution >= 4 is 40.0 Å². The van der Waals surface area contributed by atoms with Gasteiger partial charge in [-0.25, -0.2) is 22.5 Å². The molecule has 2 aromatic carbocycles. The molecule has 0 spiro atoms. The Morgan fingerprint density at radius 3 is 2.32 bits per heavy atom. The Balaban J connectivity index is 0.00000392. The molecule has 0 aromatic heterocycles. The molecule has 0 heterocycles. The van der Waals surface area contributed by atoms with Gasteiger partial charge in [0.1, 0.15) is 5.82 Å². The van der Waals surface area contributed by atoms with Crippen LogP contribution < -0.4 is 15.4 Å². The maximum Gasteiger partial charge on any atom is 0.215 e. The summed E-state index contributed by atoms with van der Waals surface area (Å²) in [6.45, 7) is 3.58. The largest absolute Gasteiger partial charge is 0.357 e. The van der Waals surface area contributed by atoms with Gasteiger partial charge in [0.05, 0.1) is 12.3 Å². The van der Waals surface area contributed by atoms with Crippen LogP contribution in [0.25, 0.3) is 0 Å². The topological polar surface area (TPSA) is 82.6 Å². The number of aliphatic imine (C=N–C) groups is 1. The molecule has 6 nitrogen and oxygen atoms in total. The van der Waals surface area contributed by atoms with Crippen molar-refractivity contribution in [1.82, 2.24) is 15.4 Å². The Kier molecular flexibility index (Phi) is 10.4. The molecule has 3 N–H and O–H groups in total. The van der Waals surface area contributed by atoms with Crippen molar-refractivity contribution in [3.05, 3.63) is 71.0 Å². The number of sulfonamides is 1. The average molecular weight is 520 g/mol. The highest BCUT2D eigenvalue weighted by atomic mass is 127. The van der Waals surface area contributed by atoms with Crippen molar-refractivity contribution in [1.29, 1.82) is 0 Å². The van der Waals surface area contributed by atoms with E-state index >= 15 is 0 Å². The van der Waals surface area contributed by atoms with Crippen LogP contribution in [0.3, 0.4) is 0 Å². The fourth-order valence-electron chi connectivity index (χ4n) is 2.38. The van der Waals surface area contributed by atoms with Crippen LogP contribution in [-0.4, -0.2) is 28.0 Å². The summed E-state index contributed by atoms with van der Waals surface area (Å²) in [5.41, 5.74) is 2.51. The normalized spacial score (nSPS) is 11.6. The molecule has 2 aromatic rings. The predicted octanol–water partition coefficient (Wildman–Crippen LogP) is 2.75. The highest BCUT2D eigenvalue weighted by molar-refractivity contribution is 14.0. The first-order chi connectivity index (χ1) is 12.9. The first-order valence-corrected chi connectivity index (χ1v) is 10.3. The third-order valence-corrected chi connectivity index (χ3v) is 5.14. The van der Waals surface area contributed by atoms with Gasteiger partial charge in [0, 0.05) is 13.1 Å². The van der Waals surface area contributed by atoms with Crippen molar-refractivity contribution in [2.24, 2.45) is 4.99 Å². The molecule has 9 heteroatoms. The van der Waals surface area contributed by atoms with Crippen molar-refractivity contribution in [3.63, 3.8) is 0 Å². The molecule has 0 aliphatic carbocycles. The lowest BCUT2D eigenvalue weighted by atomic mass is 10.1. The summed E-state index contributed by atoms with van der Waals surface area (Å²) >= 11 is 0. The lowest BCUT2D eigenvalue weighted by Gasteiger charge is -2.12. The van der Waals surface area contributed by atoms with E-state index in [1.807, 2.05) is 25.1 Å². The summed E-state index contributed by atoms with van der Waals surface area (Å²) in [5.74, 6) is 0.305. The van der Waals surface area contributed by atoms with Gasteiger partial charge in [0.2, 0.25) is 10.0 Å². The maximum atomic E-state index is 13.2. The van der Waals surface area contributed by atoms with E-state index in [1.54, 1.807) is 18.2 Å². The van der Waals surface area contributed by atoms with Crippen molar-refractivity contribution in [2.75, 3.05) is 13.6 Å². The Morgan fingerprint density at radius 2 is 1.71 bits per heavy atom. The van der Waals surface area contributed by atoms with Crippen LogP contribution in [0.5, 0.6) is 0 Å². The molecule has 0 amide bonds. The summed E-state index contributed by atoms with van der Waals surface area (Å²) in [6, 6.07) is 13.7. The molecule has 0 aliphatic heterocycles. The number of rotatable bonds is 8.